The summed E-state index contributed by atoms with van der Waals surface area (Å²) in [6, 6.07) is 11.7. The zero-order valence-electron chi connectivity index (χ0n) is 16.9. The van der Waals surface area contributed by atoms with Crippen LogP contribution in [0.15, 0.2) is 40.9 Å². The lowest BCUT2D eigenvalue weighted by atomic mass is 9.90. The second-order valence-corrected chi connectivity index (χ2v) is 7.99. The predicted molar refractivity (Wildman–Crippen MR) is 114 cm³/mol. The second-order valence-electron chi connectivity index (χ2n) is 7.08. The highest BCUT2D eigenvalue weighted by Gasteiger charge is 2.33. The molecule has 1 saturated heterocycles. The van der Waals surface area contributed by atoms with Crippen molar-refractivity contribution < 1.29 is 24.1 Å². The molecule has 2 aromatic carbocycles. The minimum absolute atomic E-state index is 0.167. The van der Waals surface area contributed by atoms with Crippen molar-refractivity contribution in [2.24, 2.45) is 5.92 Å². The van der Waals surface area contributed by atoms with Gasteiger partial charge in [0.05, 0.1) is 33.3 Å². The third-order valence-electron chi connectivity index (χ3n) is 5.38. The predicted octanol–water partition coefficient (Wildman–Crippen LogP) is 4.36. The number of likely N-dealkylation sites (tertiary alicyclic amines) is 1. The number of hydrogen-bond acceptors (Lipinski definition) is 5. The standard InChI is InChI=1S/C22H26BrNO5/c1-27-18-12-20(29-3)19(28-2)11-17(18)21(14-6-8-16(23)9-7-14)24-10-4-5-15(13-24)22(25)26/h6-9,11-12,15,21H,4-5,10,13H2,1-3H3,(H,25,26). The molecule has 0 aliphatic carbocycles. The van der Waals surface area contributed by atoms with Crippen LogP contribution in [0.5, 0.6) is 17.2 Å². The van der Waals surface area contributed by atoms with Gasteiger partial charge in [-0.05, 0) is 43.1 Å². The lowest BCUT2D eigenvalue weighted by Gasteiger charge is -2.38. The highest BCUT2D eigenvalue weighted by molar-refractivity contribution is 9.10. The molecule has 1 aliphatic rings. The van der Waals surface area contributed by atoms with Crippen molar-refractivity contribution in [3.05, 3.63) is 52.0 Å². The number of hydrogen-bond donors (Lipinski definition) is 1. The van der Waals surface area contributed by atoms with Gasteiger partial charge in [0.25, 0.3) is 0 Å². The Bertz CT molecular complexity index is 855. The van der Waals surface area contributed by atoms with E-state index >= 15 is 0 Å². The van der Waals surface area contributed by atoms with Gasteiger partial charge in [-0.15, -0.1) is 0 Å². The number of rotatable bonds is 7. The number of methoxy groups -OCH3 is 3. The van der Waals surface area contributed by atoms with E-state index in [2.05, 4.69) is 33.0 Å². The highest BCUT2D eigenvalue weighted by Crippen LogP contribution is 2.43. The monoisotopic (exact) mass is 463 g/mol. The van der Waals surface area contributed by atoms with E-state index in [0.29, 0.717) is 30.2 Å². The molecule has 2 unspecified atom stereocenters. The van der Waals surface area contributed by atoms with Gasteiger partial charge in [0.2, 0.25) is 0 Å². The molecule has 29 heavy (non-hydrogen) atoms. The quantitative estimate of drug-likeness (QED) is 0.657. The molecule has 1 heterocycles. The first kappa shape index (κ1) is 21.5. The van der Waals surface area contributed by atoms with E-state index in [1.54, 1.807) is 21.3 Å². The Kier molecular flexibility index (Phi) is 7.03. The van der Waals surface area contributed by atoms with Crippen molar-refractivity contribution in [2.45, 2.75) is 18.9 Å². The average Bonchev–Trinajstić information content (AvgIpc) is 2.75. The van der Waals surface area contributed by atoms with Crippen LogP contribution in [0, 0.1) is 5.92 Å². The molecule has 3 rings (SSSR count). The third-order valence-corrected chi connectivity index (χ3v) is 5.91. The van der Waals surface area contributed by atoms with Crippen LogP contribution in [-0.4, -0.2) is 50.4 Å². The van der Waals surface area contributed by atoms with Crippen LogP contribution in [0.1, 0.15) is 30.0 Å². The highest BCUT2D eigenvalue weighted by atomic mass is 79.9. The summed E-state index contributed by atoms with van der Waals surface area (Å²) in [5, 5.41) is 9.57. The number of piperidine rings is 1. The SMILES string of the molecule is COc1cc(OC)c(C(c2ccc(Br)cc2)N2CCCC(C(=O)O)C2)cc1OC. The van der Waals surface area contributed by atoms with Gasteiger partial charge < -0.3 is 19.3 Å². The number of carbonyl (C=O) groups is 1. The largest absolute Gasteiger partial charge is 0.496 e. The first-order valence-corrected chi connectivity index (χ1v) is 10.3. The molecule has 1 aliphatic heterocycles. The maximum absolute atomic E-state index is 11.7. The second kappa shape index (κ2) is 9.50. The van der Waals surface area contributed by atoms with E-state index in [4.69, 9.17) is 14.2 Å². The Labute approximate surface area is 179 Å². The molecular weight excluding hydrogens is 438 g/mol. The maximum Gasteiger partial charge on any atom is 0.307 e. The van der Waals surface area contributed by atoms with E-state index in [-0.39, 0.29) is 12.0 Å². The zero-order chi connectivity index (χ0) is 21.0. The van der Waals surface area contributed by atoms with Crippen LogP contribution in [-0.2, 0) is 4.79 Å². The number of carboxylic acids is 1. The molecule has 2 aromatic rings. The van der Waals surface area contributed by atoms with Gasteiger partial charge in [-0.1, -0.05) is 28.1 Å². The van der Waals surface area contributed by atoms with Crippen molar-refractivity contribution >= 4 is 21.9 Å². The van der Waals surface area contributed by atoms with Crippen LogP contribution >= 0.6 is 15.9 Å². The van der Waals surface area contributed by atoms with E-state index in [0.717, 1.165) is 28.6 Å². The van der Waals surface area contributed by atoms with E-state index in [1.165, 1.54) is 0 Å². The van der Waals surface area contributed by atoms with Gasteiger partial charge in [0.1, 0.15) is 5.75 Å². The van der Waals surface area contributed by atoms with E-state index < -0.39 is 5.97 Å². The van der Waals surface area contributed by atoms with Gasteiger partial charge >= 0.3 is 5.97 Å². The van der Waals surface area contributed by atoms with Crippen LogP contribution in [0.3, 0.4) is 0 Å². The Morgan fingerprint density at radius 1 is 1.07 bits per heavy atom. The molecule has 7 heteroatoms. The fraction of sp³-hybridized carbons (Fsp3) is 0.409. The Morgan fingerprint density at radius 2 is 1.69 bits per heavy atom. The van der Waals surface area contributed by atoms with Gasteiger partial charge in [0, 0.05) is 22.6 Å². The van der Waals surface area contributed by atoms with Crippen LogP contribution in [0.2, 0.25) is 0 Å². The number of nitrogens with zero attached hydrogens (tertiary/aromatic N) is 1. The summed E-state index contributed by atoms with van der Waals surface area (Å²) < 4.78 is 17.6. The molecule has 1 N–H and O–H groups in total. The lowest BCUT2D eigenvalue weighted by Crippen LogP contribution is -2.41. The van der Waals surface area contributed by atoms with Crippen molar-refractivity contribution in [3.8, 4) is 17.2 Å². The zero-order valence-corrected chi connectivity index (χ0v) is 18.4. The lowest BCUT2D eigenvalue weighted by molar-refractivity contribution is -0.143. The average molecular weight is 464 g/mol. The number of ether oxygens (including phenoxy) is 3. The summed E-state index contributed by atoms with van der Waals surface area (Å²) in [6.07, 6.45) is 1.53. The molecule has 1 fully saturated rings. The topological polar surface area (TPSA) is 68.2 Å². The summed E-state index contributed by atoms with van der Waals surface area (Å²) >= 11 is 3.49. The van der Waals surface area contributed by atoms with Crippen molar-refractivity contribution in [2.75, 3.05) is 34.4 Å². The molecule has 156 valence electrons. The maximum atomic E-state index is 11.7. The summed E-state index contributed by atoms with van der Waals surface area (Å²) in [7, 11) is 4.81. The molecule has 0 saturated carbocycles. The molecule has 0 radical (unpaired) electrons. The summed E-state index contributed by atoms with van der Waals surface area (Å²) in [5.41, 5.74) is 1.98. The van der Waals surface area contributed by atoms with E-state index in [9.17, 15) is 9.90 Å². The Hall–Kier alpha value is -2.25. The number of carboxylic acid groups (broad SMARTS) is 1. The Balaban J connectivity index is 2.13. The molecule has 0 amide bonds. The van der Waals surface area contributed by atoms with Crippen molar-refractivity contribution in [1.29, 1.82) is 0 Å². The number of halogens is 1. The molecule has 0 aromatic heterocycles. The summed E-state index contributed by atoms with van der Waals surface area (Å²) in [4.78, 5) is 13.9. The molecule has 0 spiro atoms. The van der Waals surface area contributed by atoms with Gasteiger partial charge in [-0.2, -0.15) is 0 Å². The van der Waals surface area contributed by atoms with Crippen LogP contribution < -0.4 is 14.2 Å². The van der Waals surface area contributed by atoms with Crippen LogP contribution in [0.25, 0.3) is 0 Å². The van der Waals surface area contributed by atoms with Gasteiger partial charge in [-0.3, -0.25) is 9.69 Å². The minimum atomic E-state index is -0.747. The fourth-order valence-electron chi connectivity index (χ4n) is 3.94. The number of benzene rings is 2. The van der Waals surface area contributed by atoms with Gasteiger partial charge in [0.15, 0.2) is 11.5 Å². The normalized spacial score (nSPS) is 18.1. The molecule has 0 bridgehead atoms. The summed E-state index contributed by atoms with van der Waals surface area (Å²) in [6.45, 7) is 1.29. The van der Waals surface area contributed by atoms with Crippen LogP contribution in [0.4, 0.5) is 0 Å². The van der Waals surface area contributed by atoms with E-state index in [1.807, 2.05) is 24.3 Å². The van der Waals surface area contributed by atoms with Gasteiger partial charge in [-0.25, -0.2) is 0 Å². The third kappa shape index (κ3) is 4.67. The molecule has 6 nitrogen and oxygen atoms in total. The Morgan fingerprint density at radius 3 is 2.28 bits per heavy atom. The molecule has 2 atom stereocenters. The first-order chi connectivity index (χ1) is 14.0. The van der Waals surface area contributed by atoms with Crippen molar-refractivity contribution in [3.63, 3.8) is 0 Å². The smallest absolute Gasteiger partial charge is 0.307 e. The summed E-state index contributed by atoms with van der Waals surface area (Å²) in [5.74, 6) is 0.742. The number of aliphatic carboxylic acids is 1. The van der Waals surface area contributed by atoms with Crippen molar-refractivity contribution in [1.82, 2.24) is 4.90 Å². The minimum Gasteiger partial charge on any atom is -0.496 e. The fourth-order valence-corrected chi connectivity index (χ4v) is 4.21. The molecular formula is C22H26BrNO5. The first-order valence-electron chi connectivity index (χ1n) is 9.50.